The molecule has 0 spiro atoms. The van der Waals surface area contributed by atoms with Crippen molar-refractivity contribution in [1.29, 1.82) is 0 Å². The van der Waals surface area contributed by atoms with E-state index in [0.29, 0.717) is 37.1 Å². The minimum atomic E-state index is -4.56. The number of benzene rings is 4. The van der Waals surface area contributed by atoms with Crippen molar-refractivity contribution >= 4 is 44.0 Å². The Morgan fingerprint density at radius 2 is 1.73 bits per heavy atom. The minimum Gasteiger partial charge on any atom is -0.455 e. The predicted molar refractivity (Wildman–Crippen MR) is 238 cm³/mol. The number of hydrogen-bond acceptors (Lipinski definition) is 11. The molecule has 0 bridgehead atoms. The minimum absolute atomic E-state index is 0.0561. The van der Waals surface area contributed by atoms with Gasteiger partial charge < -0.3 is 29.6 Å². The number of likely N-dealkylation sites (N-methyl/N-ethyl adjacent to an activating group) is 1. The lowest BCUT2D eigenvalue weighted by Gasteiger charge is -2.30. The van der Waals surface area contributed by atoms with Crippen molar-refractivity contribution in [2.24, 2.45) is 5.92 Å². The maximum Gasteiger partial charge on any atom is 0.293 e. The number of pyridine rings is 1. The molecule has 6 aromatic rings. The van der Waals surface area contributed by atoms with Crippen molar-refractivity contribution in [3.63, 3.8) is 0 Å². The molecule has 4 aromatic carbocycles. The van der Waals surface area contributed by atoms with E-state index in [2.05, 4.69) is 73.3 Å². The van der Waals surface area contributed by atoms with Crippen LogP contribution in [-0.2, 0) is 14.8 Å². The fourth-order valence-electron chi connectivity index (χ4n) is 9.12. The number of aromatic nitrogens is 2. The van der Waals surface area contributed by atoms with Gasteiger partial charge in [0, 0.05) is 56.2 Å². The number of aromatic amines is 1. The third kappa shape index (κ3) is 8.73. The van der Waals surface area contributed by atoms with Crippen LogP contribution in [0.5, 0.6) is 11.5 Å². The molecule has 0 radical (unpaired) electrons. The normalized spacial score (nSPS) is 18.6. The van der Waals surface area contributed by atoms with Gasteiger partial charge in [0.25, 0.3) is 21.6 Å². The number of H-pyrrole nitrogens is 1. The molecule has 3 aliphatic rings. The molecule has 14 nitrogen and oxygen atoms in total. The average molecular weight is 856 g/mol. The third-order valence-corrected chi connectivity index (χ3v) is 13.8. The molecular formula is C47H49N7O7S. The van der Waals surface area contributed by atoms with E-state index in [0.717, 1.165) is 73.6 Å². The number of rotatable bonds is 13. The van der Waals surface area contributed by atoms with Crippen LogP contribution in [0.15, 0.2) is 114 Å². The Labute approximate surface area is 360 Å². The standard InChI is InChI=1S/C47H49N7O7S/c1-52-22-17-35(30-52)39-5-2-3-6-40(39)43-7-4-21-53(43)36-11-8-32(9-12-36)33-10-14-41(45(26-33)61-37-25-34-16-20-48-46(34)50-29-37)47(55)51-62(58,59)38-13-15-42(44(27-38)54(56)57)49-28-31-18-23-60-24-19-31/h2-3,5-6,8-16,20,25-27,29,31,35,43,49H,4,7,17-19,21-24,28,30H2,1H3,(H,48,50)(H,51,55). The molecule has 3 aliphatic heterocycles. The number of fused-ring (bicyclic) bond motifs is 1. The van der Waals surface area contributed by atoms with Gasteiger partial charge in [-0.1, -0.05) is 42.5 Å². The van der Waals surface area contributed by atoms with E-state index >= 15 is 0 Å². The van der Waals surface area contributed by atoms with Crippen LogP contribution in [0.2, 0.25) is 0 Å². The summed E-state index contributed by atoms with van der Waals surface area (Å²) >= 11 is 0. The van der Waals surface area contributed by atoms with Gasteiger partial charge in [-0.3, -0.25) is 14.9 Å². The summed E-state index contributed by atoms with van der Waals surface area (Å²) in [5.41, 5.74) is 5.99. The van der Waals surface area contributed by atoms with Gasteiger partial charge in [0.05, 0.1) is 27.6 Å². The summed E-state index contributed by atoms with van der Waals surface area (Å²) in [6, 6.07) is 29.7. The smallest absolute Gasteiger partial charge is 0.293 e. The SMILES string of the molecule is CN1CCC(c2ccccc2C2CCCN2c2ccc(-c3ccc(C(=O)NS(=O)(=O)c4ccc(NCC5CCOCC5)c([N+](=O)[O-])c4)c(Oc4cnc5[nH]ccc5c4)c3)cc2)C1. The fraction of sp³-hybridized carbons (Fsp3) is 0.319. The van der Waals surface area contributed by atoms with Gasteiger partial charge in [-0.2, -0.15) is 0 Å². The number of carbonyl (C=O) groups is 1. The molecular weight excluding hydrogens is 807 g/mol. The van der Waals surface area contributed by atoms with Crippen molar-refractivity contribution in [2.75, 3.05) is 56.7 Å². The Balaban J connectivity index is 0.975. The number of nitrogens with one attached hydrogen (secondary N) is 3. The first kappa shape index (κ1) is 41.1. The number of likely N-dealkylation sites (tertiary alicyclic amines) is 1. The Hall–Kier alpha value is -6.29. The Morgan fingerprint density at radius 1 is 0.935 bits per heavy atom. The van der Waals surface area contributed by atoms with Crippen molar-refractivity contribution in [1.82, 2.24) is 19.6 Å². The Kier molecular flexibility index (Phi) is 11.7. The predicted octanol–water partition coefficient (Wildman–Crippen LogP) is 8.65. The van der Waals surface area contributed by atoms with Crippen LogP contribution in [0.3, 0.4) is 0 Å². The van der Waals surface area contributed by atoms with Gasteiger partial charge in [-0.25, -0.2) is 18.1 Å². The van der Waals surface area contributed by atoms with Crippen molar-refractivity contribution in [3.05, 3.63) is 136 Å². The van der Waals surface area contributed by atoms with E-state index in [1.54, 1.807) is 24.4 Å². The van der Waals surface area contributed by atoms with E-state index in [9.17, 15) is 23.3 Å². The van der Waals surface area contributed by atoms with Crippen molar-refractivity contribution in [2.45, 2.75) is 49.0 Å². The first-order valence-electron chi connectivity index (χ1n) is 21.2. The molecule has 3 N–H and O–H groups in total. The molecule has 2 aromatic heterocycles. The molecule has 2 atom stereocenters. The largest absolute Gasteiger partial charge is 0.455 e. The number of sulfonamides is 1. The number of amides is 1. The second-order valence-electron chi connectivity index (χ2n) is 16.5. The topological polar surface area (TPSA) is 172 Å². The van der Waals surface area contributed by atoms with Crippen LogP contribution < -0.4 is 19.7 Å². The highest BCUT2D eigenvalue weighted by Crippen LogP contribution is 2.42. The van der Waals surface area contributed by atoms with E-state index in [4.69, 9.17) is 9.47 Å². The van der Waals surface area contributed by atoms with Gasteiger partial charge in [0.1, 0.15) is 22.8 Å². The molecule has 320 valence electrons. The summed E-state index contributed by atoms with van der Waals surface area (Å²) in [4.78, 5) is 37.3. The van der Waals surface area contributed by atoms with Gasteiger partial charge in [0.2, 0.25) is 0 Å². The van der Waals surface area contributed by atoms with E-state index < -0.39 is 31.4 Å². The van der Waals surface area contributed by atoms with Gasteiger partial charge in [-0.05, 0) is 128 Å². The maximum absolute atomic E-state index is 13.9. The summed E-state index contributed by atoms with van der Waals surface area (Å²) < 4.78 is 41.2. The van der Waals surface area contributed by atoms with Crippen LogP contribution in [-0.4, -0.2) is 80.6 Å². The molecule has 0 saturated carbocycles. The number of hydrogen-bond donors (Lipinski definition) is 3. The second kappa shape index (κ2) is 17.6. The summed E-state index contributed by atoms with van der Waals surface area (Å²) in [6.45, 7) is 4.88. The number of nitrogens with zero attached hydrogens (tertiary/aromatic N) is 4. The number of carbonyl (C=O) groups excluding carboxylic acids is 1. The number of anilines is 2. The van der Waals surface area contributed by atoms with E-state index in [1.165, 1.54) is 41.9 Å². The molecule has 15 heteroatoms. The third-order valence-electron chi connectivity index (χ3n) is 12.4. The molecule has 3 fully saturated rings. The van der Waals surface area contributed by atoms with Gasteiger partial charge in [0.15, 0.2) is 0 Å². The quantitative estimate of drug-likeness (QED) is 0.0750. The Bertz CT molecular complexity index is 2720. The zero-order valence-corrected chi connectivity index (χ0v) is 35.3. The average Bonchev–Trinajstić information content (AvgIpc) is 4.07. The molecule has 62 heavy (non-hydrogen) atoms. The second-order valence-corrected chi connectivity index (χ2v) is 18.2. The number of ether oxygens (including phenoxy) is 2. The van der Waals surface area contributed by atoms with Crippen molar-refractivity contribution < 1.29 is 27.6 Å². The van der Waals surface area contributed by atoms with Crippen LogP contribution in [0.25, 0.3) is 22.2 Å². The highest BCUT2D eigenvalue weighted by Gasteiger charge is 2.32. The summed E-state index contributed by atoms with van der Waals surface area (Å²) in [6.07, 6.45) is 8.28. The van der Waals surface area contributed by atoms with E-state index in [1.807, 2.05) is 18.2 Å². The lowest BCUT2D eigenvalue weighted by atomic mass is 9.89. The van der Waals surface area contributed by atoms with Crippen LogP contribution >= 0.6 is 0 Å². The number of nitro groups is 1. The summed E-state index contributed by atoms with van der Waals surface area (Å²) in [5.74, 6) is 0.278. The van der Waals surface area contributed by atoms with Crippen LogP contribution in [0.4, 0.5) is 17.1 Å². The first-order valence-corrected chi connectivity index (χ1v) is 22.6. The van der Waals surface area contributed by atoms with Gasteiger partial charge in [-0.15, -0.1) is 0 Å². The molecule has 1 amide bonds. The molecule has 9 rings (SSSR count). The fourth-order valence-corrected chi connectivity index (χ4v) is 10.1. The Morgan fingerprint density at radius 3 is 2.50 bits per heavy atom. The van der Waals surface area contributed by atoms with E-state index in [-0.39, 0.29) is 29.0 Å². The lowest BCUT2D eigenvalue weighted by Crippen LogP contribution is -2.31. The highest BCUT2D eigenvalue weighted by molar-refractivity contribution is 7.90. The molecule has 3 saturated heterocycles. The van der Waals surface area contributed by atoms with Gasteiger partial charge >= 0.3 is 0 Å². The zero-order chi connectivity index (χ0) is 42.8. The summed E-state index contributed by atoms with van der Waals surface area (Å²) in [5, 5.41) is 16.0. The zero-order valence-electron chi connectivity index (χ0n) is 34.5. The molecule has 2 unspecified atom stereocenters. The number of nitro benzene ring substituents is 1. The lowest BCUT2D eigenvalue weighted by molar-refractivity contribution is -0.384. The van der Waals surface area contributed by atoms with Crippen LogP contribution in [0, 0.1) is 16.0 Å². The first-order chi connectivity index (χ1) is 30.1. The monoisotopic (exact) mass is 855 g/mol. The molecule has 0 aliphatic carbocycles. The van der Waals surface area contributed by atoms with Crippen molar-refractivity contribution in [3.8, 4) is 22.6 Å². The highest BCUT2D eigenvalue weighted by atomic mass is 32.2. The molecule has 5 heterocycles. The summed E-state index contributed by atoms with van der Waals surface area (Å²) in [7, 11) is -2.37. The van der Waals surface area contributed by atoms with Crippen LogP contribution in [0.1, 0.15) is 65.5 Å². The maximum atomic E-state index is 13.9.